The molecular formula is C15H20F2N2O2. The highest BCUT2D eigenvalue weighted by Crippen LogP contribution is 2.12. The molecule has 4 nitrogen and oxygen atoms in total. The topological polar surface area (TPSA) is 41.6 Å². The van der Waals surface area contributed by atoms with E-state index >= 15 is 0 Å². The molecule has 0 unspecified atom stereocenters. The Bertz CT molecular complexity index is 489. The minimum Gasteiger partial charge on any atom is -0.383 e. The zero-order valence-electron chi connectivity index (χ0n) is 12.1. The lowest BCUT2D eigenvalue weighted by atomic mass is 10.0. The molecule has 0 aromatic heterocycles. The molecule has 1 aromatic rings. The largest absolute Gasteiger partial charge is 0.383 e. The van der Waals surface area contributed by atoms with Crippen molar-refractivity contribution in [3.05, 3.63) is 35.4 Å². The number of amides is 1. The molecule has 0 radical (unpaired) electrons. The number of rotatable bonds is 5. The highest BCUT2D eigenvalue weighted by molar-refractivity contribution is 5.94. The molecule has 1 saturated heterocycles. The maximum atomic E-state index is 13.1. The van der Waals surface area contributed by atoms with E-state index < -0.39 is 11.6 Å². The summed E-state index contributed by atoms with van der Waals surface area (Å²) in [6.07, 6.45) is 1.69. The van der Waals surface area contributed by atoms with E-state index in [2.05, 4.69) is 10.2 Å². The van der Waals surface area contributed by atoms with Gasteiger partial charge in [0.1, 0.15) is 0 Å². The van der Waals surface area contributed by atoms with Crippen LogP contribution in [0.4, 0.5) is 8.78 Å². The van der Waals surface area contributed by atoms with E-state index in [0.717, 1.165) is 44.6 Å². The molecule has 1 N–H and O–H groups in total. The third kappa shape index (κ3) is 4.47. The lowest BCUT2D eigenvalue weighted by Gasteiger charge is -2.32. The van der Waals surface area contributed by atoms with Crippen molar-refractivity contribution in [2.75, 3.05) is 33.4 Å². The SMILES string of the molecule is COCCN1CCC(NC(=O)c2ccc(F)c(F)c2)CC1. The number of halogens is 2. The molecule has 0 aliphatic carbocycles. The maximum Gasteiger partial charge on any atom is 0.251 e. The van der Waals surface area contributed by atoms with E-state index in [1.165, 1.54) is 6.07 Å². The monoisotopic (exact) mass is 298 g/mol. The highest BCUT2D eigenvalue weighted by atomic mass is 19.2. The van der Waals surface area contributed by atoms with Crippen molar-refractivity contribution in [3.8, 4) is 0 Å². The maximum absolute atomic E-state index is 13.1. The molecule has 0 bridgehead atoms. The first-order chi connectivity index (χ1) is 10.1. The summed E-state index contributed by atoms with van der Waals surface area (Å²) in [5.74, 6) is -2.31. The Morgan fingerprint density at radius 2 is 2.05 bits per heavy atom. The summed E-state index contributed by atoms with van der Waals surface area (Å²) >= 11 is 0. The standard InChI is InChI=1S/C15H20F2N2O2/c1-21-9-8-19-6-4-12(5-7-19)18-15(20)11-2-3-13(16)14(17)10-11/h2-3,10,12H,4-9H2,1H3,(H,18,20). The Morgan fingerprint density at radius 1 is 1.33 bits per heavy atom. The number of hydrogen-bond donors (Lipinski definition) is 1. The first-order valence-corrected chi connectivity index (χ1v) is 7.07. The van der Waals surface area contributed by atoms with Crippen molar-refractivity contribution in [2.45, 2.75) is 18.9 Å². The average Bonchev–Trinajstić information content (AvgIpc) is 2.49. The lowest BCUT2D eigenvalue weighted by Crippen LogP contribution is -2.45. The number of ether oxygens (including phenoxy) is 1. The summed E-state index contributed by atoms with van der Waals surface area (Å²) in [7, 11) is 1.68. The van der Waals surface area contributed by atoms with Gasteiger partial charge in [-0.25, -0.2) is 8.78 Å². The van der Waals surface area contributed by atoms with Crippen LogP contribution in [0.1, 0.15) is 23.2 Å². The van der Waals surface area contributed by atoms with Crippen molar-refractivity contribution < 1.29 is 18.3 Å². The lowest BCUT2D eigenvalue weighted by molar-refractivity contribution is 0.0892. The van der Waals surface area contributed by atoms with Gasteiger partial charge in [0.05, 0.1) is 6.61 Å². The zero-order chi connectivity index (χ0) is 15.2. The van der Waals surface area contributed by atoms with E-state index in [0.29, 0.717) is 6.61 Å². The van der Waals surface area contributed by atoms with Gasteiger partial charge < -0.3 is 15.0 Å². The van der Waals surface area contributed by atoms with E-state index in [-0.39, 0.29) is 17.5 Å². The second-order valence-electron chi connectivity index (χ2n) is 5.21. The number of methoxy groups -OCH3 is 1. The number of nitrogens with zero attached hydrogens (tertiary/aromatic N) is 1. The predicted octanol–water partition coefficient (Wildman–Crippen LogP) is 1.81. The molecule has 0 atom stereocenters. The molecule has 1 aromatic carbocycles. The number of likely N-dealkylation sites (tertiary alicyclic amines) is 1. The smallest absolute Gasteiger partial charge is 0.251 e. The Labute approximate surface area is 123 Å². The van der Waals surface area contributed by atoms with Gasteiger partial charge in [-0.15, -0.1) is 0 Å². The third-order valence-electron chi connectivity index (χ3n) is 3.72. The molecule has 2 rings (SSSR count). The van der Waals surface area contributed by atoms with Crippen LogP contribution in [-0.2, 0) is 4.74 Å². The second-order valence-corrected chi connectivity index (χ2v) is 5.21. The molecule has 1 fully saturated rings. The molecular weight excluding hydrogens is 278 g/mol. The van der Waals surface area contributed by atoms with Crippen LogP contribution in [0.15, 0.2) is 18.2 Å². The van der Waals surface area contributed by atoms with Gasteiger partial charge in [0, 0.05) is 38.3 Å². The number of carbonyl (C=O) groups is 1. The van der Waals surface area contributed by atoms with Crippen LogP contribution >= 0.6 is 0 Å². The number of hydrogen-bond acceptors (Lipinski definition) is 3. The number of nitrogens with one attached hydrogen (secondary N) is 1. The van der Waals surface area contributed by atoms with Crippen LogP contribution < -0.4 is 5.32 Å². The summed E-state index contributed by atoms with van der Waals surface area (Å²) in [5, 5.41) is 2.87. The molecule has 1 amide bonds. The predicted molar refractivity (Wildman–Crippen MR) is 75.2 cm³/mol. The van der Waals surface area contributed by atoms with Gasteiger partial charge in [-0.3, -0.25) is 4.79 Å². The minimum absolute atomic E-state index is 0.0735. The summed E-state index contributed by atoms with van der Waals surface area (Å²) in [6.45, 7) is 3.38. The van der Waals surface area contributed by atoms with Gasteiger partial charge in [-0.2, -0.15) is 0 Å². The first kappa shape index (κ1) is 15.9. The average molecular weight is 298 g/mol. The van der Waals surface area contributed by atoms with Crippen LogP contribution in [0.2, 0.25) is 0 Å². The summed E-state index contributed by atoms with van der Waals surface area (Å²) in [5.41, 5.74) is 0.149. The van der Waals surface area contributed by atoms with Gasteiger partial charge >= 0.3 is 0 Å². The molecule has 1 aliphatic heterocycles. The Balaban J connectivity index is 1.82. The molecule has 6 heteroatoms. The van der Waals surface area contributed by atoms with Crippen LogP contribution in [0.25, 0.3) is 0 Å². The highest BCUT2D eigenvalue weighted by Gasteiger charge is 2.21. The zero-order valence-corrected chi connectivity index (χ0v) is 12.1. The number of benzene rings is 1. The normalized spacial score (nSPS) is 16.9. The number of piperidine rings is 1. The minimum atomic E-state index is -1.00. The van der Waals surface area contributed by atoms with Crippen molar-refractivity contribution in [1.29, 1.82) is 0 Å². The van der Waals surface area contributed by atoms with Crippen molar-refractivity contribution in [2.24, 2.45) is 0 Å². The van der Waals surface area contributed by atoms with Gasteiger partial charge in [-0.1, -0.05) is 0 Å². The van der Waals surface area contributed by atoms with Gasteiger partial charge in [0.2, 0.25) is 0 Å². The van der Waals surface area contributed by atoms with Gasteiger partial charge in [0.15, 0.2) is 11.6 Å². The van der Waals surface area contributed by atoms with Crippen molar-refractivity contribution >= 4 is 5.91 Å². The van der Waals surface area contributed by atoms with Crippen LogP contribution in [-0.4, -0.2) is 50.2 Å². The van der Waals surface area contributed by atoms with E-state index in [1.54, 1.807) is 7.11 Å². The Kier molecular flexibility index (Phi) is 5.64. The summed E-state index contributed by atoms with van der Waals surface area (Å²) < 4.78 is 31.0. The molecule has 1 aliphatic rings. The fraction of sp³-hybridized carbons (Fsp3) is 0.533. The van der Waals surface area contributed by atoms with Gasteiger partial charge in [0.25, 0.3) is 5.91 Å². The molecule has 0 saturated carbocycles. The quantitative estimate of drug-likeness (QED) is 0.901. The molecule has 1 heterocycles. The van der Waals surface area contributed by atoms with E-state index in [9.17, 15) is 13.6 Å². The fourth-order valence-corrected chi connectivity index (χ4v) is 2.43. The van der Waals surface area contributed by atoms with Crippen LogP contribution in [0.3, 0.4) is 0 Å². The third-order valence-corrected chi connectivity index (χ3v) is 3.72. The first-order valence-electron chi connectivity index (χ1n) is 7.07. The van der Waals surface area contributed by atoms with Crippen molar-refractivity contribution in [3.63, 3.8) is 0 Å². The summed E-state index contributed by atoms with van der Waals surface area (Å²) in [4.78, 5) is 14.3. The van der Waals surface area contributed by atoms with Crippen LogP contribution in [0.5, 0.6) is 0 Å². The van der Waals surface area contributed by atoms with Gasteiger partial charge in [-0.05, 0) is 31.0 Å². The molecule has 0 spiro atoms. The molecule has 116 valence electrons. The second kappa shape index (κ2) is 7.47. The number of carbonyl (C=O) groups excluding carboxylic acids is 1. The summed E-state index contributed by atoms with van der Waals surface area (Å²) in [6, 6.07) is 3.27. The van der Waals surface area contributed by atoms with Crippen LogP contribution in [0, 0.1) is 11.6 Å². The molecule has 21 heavy (non-hydrogen) atoms. The van der Waals surface area contributed by atoms with E-state index in [1.807, 2.05) is 0 Å². The fourth-order valence-electron chi connectivity index (χ4n) is 2.43. The van der Waals surface area contributed by atoms with E-state index in [4.69, 9.17) is 4.74 Å². The van der Waals surface area contributed by atoms with Crippen molar-refractivity contribution in [1.82, 2.24) is 10.2 Å². The Morgan fingerprint density at radius 3 is 2.67 bits per heavy atom. The Hall–Kier alpha value is -1.53.